The summed E-state index contributed by atoms with van der Waals surface area (Å²) in [5.74, 6) is 0. The number of benzene rings is 6. The van der Waals surface area contributed by atoms with E-state index in [2.05, 4.69) is 142 Å². The smallest absolute Gasteiger partial charge is 0.0620 e. The van der Waals surface area contributed by atoms with Gasteiger partial charge in [-0.3, -0.25) is 0 Å². The molecule has 0 aliphatic heterocycles. The first-order valence-corrected chi connectivity index (χ1v) is 13.1. The molecule has 0 atom stereocenters. The van der Waals surface area contributed by atoms with Gasteiger partial charge < -0.3 is 8.97 Å². The number of nitrogens with zero attached hydrogens (tertiary/aromatic N) is 2. The molecule has 0 N–H and O–H groups in total. The molecule has 2 nitrogen and oxygen atoms in total. The zero-order valence-electron chi connectivity index (χ0n) is 20.6. The average molecular weight is 483 g/mol. The number of para-hydroxylation sites is 4. The first kappa shape index (κ1) is 20.0. The van der Waals surface area contributed by atoms with Crippen molar-refractivity contribution in [3.63, 3.8) is 0 Å². The summed E-state index contributed by atoms with van der Waals surface area (Å²) in [7, 11) is 0. The Hall–Kier alpha value is -5.08. The van der Waals surface area contributed by atoms with Gasteiger partial charge in [0, 0.05) is 38.0 Å². The van der Waals surface area contributed by atoms with Gasteiger partial charge in [-0.15, -0.1) is 0 Å². The van der Waals surface area contributed by atoms with Gasteiger partial charge in [0.15, 0.2) is 0 Å². The quantitative estimate of drug-likeness (QED) is 0.232. The van der Waals surface area contributed by atoms with Crippen molar-refractivity contribution in [3.8, 4) is 16.8 Å². The molecular formula is C36H22N2. The highest BCUT2D eigenvalue weighted by molar-refractivity contribution is 6.23. The monoisotopic (exact) mass is 482 g/mol. The van der Waals surface area contributed by atoms with E-state index >= 15 is 0 Å². The van der Waals surface area contributed by atoms with Crippen LogP contribution in [0.4, 0.5) is 0 Å². The van der Waals surface area contributed by atoms with E-state index in [1.165, 1.54) is 76.7 Å². The molecule has 0 bridgehead atoms. The van der Waals surface area contributed by atoms with Gasteiger partial charge in [0.05, 0.1) is 27.6 Å². The van der Waals surface area contributed by atoms with Crippen molar-refractivity contribution in [2.75, 3.05) is 0 Å². The summed E-state index contributed by atoms with van der Waals surface area (Å²) >= 11 is 0. The molecule has 0 unspecified atom stereocenters. The fraction of sp³-hybridized carbons (Fsp3) is 0. The van der Waals surface area contributed by atoms with Crippen LogP contribution in [-0.4, -0.2) is 8.97 Å². The largest absolute Gasteiger partial charge is 0.309 e. The molecule has 0 fully saturated rings. The van der Waals surface area contributed by atoms with Crippen LogP contribution in [0.15, 0.2) is 133 Å². The highest BCUT2D eigenvalue weighted by atomic mass is 15.0. The third-order valence-corrected chi connectivity index (χ3v) is 8.24. The van der Waals surface area contributed by atoms with Crippen molar-refractivity contribution >= 4 is 59.9 Å². The molecule has 0 spiro atoms. The van der Waals surface area contributed by atoms with Crippen LogP contribution >= 0.6 is 0 Å². The van der Waals surface area contributed by atoms with Crippen molar-refractivity contribution in [1.82, 2.24) is 8.97 Å². The molecule has 0 amide bonds. The van der Waals surface area contributed by atoms with Gasteiger partial charge in [-0.05, 0) is 59.7 Å². The maximum Gasteiger partial charge on any atom is 0.0620 e. The topological polar surface area (TPSA) is 9.34 Å². The minimum Gasteiger partial charge on any atom is -0.309 e. The van der Waals surface area contributed by atoms with E-state index in [4.69, 9.17) is 0 Å². The van der Waals surface area contributed by atoms with E-state index in [9.17, 15) is 0 Å². The molecule has 3 aromatic heterocycles. The normalized spacial score (nSPS) is 12.2. The summed E-state index contributed by atoms with van der Waals surface area (Å²) in [6, 6.07) is 48.7. The van der Waals surface area contributed by atoms with Crippen molar-refractivity contribution in [3.05, 3.63) is 133 Å². The summed E-state index contributed by atoms with van der Waals surface area (Å²) in [5.41, 5.74) is 10.00. The minimum absolute atomic E-state index is 1.19. The summed E-state index contributed by atoms with van der Waals surface area (Å²) in [5, 5.41) is 7.83. The summed E-state index contributed by atoms with van der Waals surface area (Å²) in [4.78, 5) is 0. The standard InChI is InChI=1S/C36H22N2/c1-2-9-25(10-3-1)37-32-15-6-5-12-27(32)30-21-23(17-19-34(30)37)24-18-20-35-31(22-24)29-14-8-13-28-26-11-4-7-16-33(26)38(35)36(28)29/h1-22H. The molecule has 0 aliphatic rings. The molecule has 6 aromatic carbocycles. The summed E-state index contributed by atoms with van der Waals surface area (Å²) in [6.45, 7) is 0. The van der Waals surface area contributed by atoms with Crippen LogP contribution in [-0.2, 0) is 0 Å². The summed E-state index contributed by atoms with van der Waals surface area (Å²) < 4.78 is 4.81. The highest BCUT2D eigenvalue weighted by Gasteiger charge is 2.18. The van der Waals surface area contributed by atoms with E-state index in [0.717, 1.165) is 0 Å². The van der Waals surface area contributed by atoms with Crippen LogP contribution in [0.1, 0.15) is 0 Å². The van der Waals surface area contributed by atoms with Gasteiger partial charge in [0.25, 0.3) is 0 Å². The Morgan fingerprint density at radius 3 is 1.61 bits per heavy atom. The zero-order valence-corrected chi connectivity index (χ0v) is 20.6. The van der Waals surface area contributed by atoms with Gasteiger partial charge >= 0.3 is 0 Å². The SMILES string of the molecule is c1ccc(-n2c3ccccc3c3cc(-c4ccc5c(c4)c4cccc6c7ccccc7n5c64)ccc32)cc1. The molecule has 0 saturated carbocycles. The number of rotatable bonds is 2. The Bertz CT molecular complexity index is 2330. The van der Waals surface area contributed by atoms with Crippen molar-refractivity contribution in [2.24, 2.45) is 0 Å². The van der Waals surface area contributed by atoms with Crippen LogP contribution < -0.4 is 0 Å². The van der Waals surface area contributed by atoms with Crippen LogP contribution in [0.5, 0.6) is 0 Å². The second-order valence-corrected chi connectivity index (χ2v) is 10.2. The van der Waals surface area contributed by atoms with Crippen molar-refractivity contribution in [2.45, 2.75) is 0 Å². The van der Waals surface area contributed by atoms with Crippen molar-refractivity contribution in [1.29, 1.82) is 0 Å². The van der Waals surface area contributed by atoms with E-state index in [0.29, 0.717) is 0 Å². The number of hydrogen-bond donors (Lipinski definition) is 0. The number of aromatic nitrogens is 2. The van der Waals surface area contributed by atoms with Gasteiger partial charge in [0.2, 0.25) is 0 Å². The van der Waals surface area contributed by atoms with Gasteiger partial charge in [-0.25, -0.2) is 0 Å². The van der Waals surface area contributed by atoms with Crippen LogP contribution in [0.25, 0.3) is 76.7 Å². The van der Waals surface area contributed by atoms with E-state index < -0.39 is 0 Å². The lowest BCUT2D eigenvalue weighted by Crippen LogP contribution is -1.92. The van der Waals surface area contributed by atoms with Gasteiger partial charge in [0.1, 0.15) is 0 Å². The lowest BCUT2D eigenvalue weighted by atomic mass is 10.00. The lowest BCUT2D eigenvalue weighted by molar-refractivity contribution is 1.18. The van der Waals surface area contributed by atoms with Crippen LogP contribution in [0.3, 0.4) is 0 Å². The Morgan fingerprint density at radius 1 is 0.342 bits per heavy atom. The third-order valence-electron chi connectivity index (χ3n) is 8.24. The molecule has 3 heterocycles. The average Bonchev–Trinajstić information content (AvgIpc) is 3.62. The van der Waals surface area contributed by atoms with Crippen LogP contribution in [0.2, 0.25) is 0 Å². The minimum atomic E-state index is 1.19. The molecule has 9 aromatic rings. The molecular weight excluding hydrogens is 460 g/mol. The highest BCUT2D eigenvalue weighted by Crippen LogP contribution is 2.41. The fourth-order valence-corrected chi connectivity index (χ4v) is 6.62. The maximum atomic E-state index is 2.44. The molecule has 0 saturated heterocycles. The summed E-state index contributed by atoms with van der Waals surface area (Å²) in [6.07, 6.45) is 0. The third kappa shape index (κ3) is 2.51. The molecule has 0 aliphatic carbocycles. The van der Waals surface area contributed by atoms with E-state index in [1.54, 1.807) is 0 Å². The van der Waals surface area contributed by atoms with E-state index in [1.807, 2.05) is 0 Å². The number of fused-ring (bicyclic) bond motifs is 9. The van der Waals surface area contributed by atoms with Crippen molar-refractivity contribution < 1.29 is 0 Å². The predicted octanol–water partition coefficient (Wildman–Crippen LogP) is 9.60. The Kier molecular flexibility index (Phi) is 3.82. The van der Waals surface area contributed by atoms with E-state index in [-0.39, 0.29) is 0 Å². The first-order valence-electron chi connectivity index (χ1n) is 13.1. The Labute approximate surface area is 218 Å². The zero-order chi connectivity index (χ0) is 24.8. The molecule has 0 radical (unpaired) electrons. The lowest BCUT2D eigenvalue weighted by Gasteiger charge is -2.08. The van der Waals surface area contributed by atoms with Crippen LogP contribution in [0, 0.1) is 0 Å². The first-order chi connectivity index (χ1) is 18.9. The molecule has 9 rings (SSSR count). The van der Waals surface area contributed by atoms with Gasteiger partial charge in [-0.2, -0.15) is 0 Å². The fourth-order valence-electron chi connectivity index (χ4n) is 6.62. The second kappa shape index (κ2) is 7.24. The predicted molar refractivity (Wildman–Crippen MR) is 161 cm³/mol. The Balaban J connectivity index is 1.31. The molecule has 38 heavy (non-hydrogen) atoms. The Morgan fingerprint density at radius 2 is 0.842 bits per heavy atom. The molecule has 2 heteroatoms. The number of hydrogen-bond acceptors (Lipinski definition) is 0. The molecule has 176 valence electrons. The second-order valence-electron chi connectivity index (χ2n) is 10.2. The maximum absolute atomic E-state index is 2.44. The van der Waals surface area contributed by atoms with Gasteiger partial charge in [-0.1, -0.05) is 84.9 Å².